The largest absolute Gasteiger partial charge is 0.480 e. The minimum atomic E-state index is -4.41. The molecule has 1 unspecified atom stereocenters. The number of hydrogen-bond acceptors (Lipinski definition) is 7. The highest BCUT2D eigenvalue weighted by Gasteiger charge is 2.26. The van der Waals surface area contributed by atoms with E-state index in [1.54, 1.807) is 37.3 Å². The Morgan fingerprint density at radius 3 is 2.23 bits per heavy atom. The monoisotopic (exact) mass is 398 g/mol. The van der Waals surface area contributed by atoms with Gasteiger partial charge in [0, 0.05) is 6.26 Å². The van der Waals surface area contributed by atoms with Crippen LogP contribution in [0.2, 0.25) is 0 Å². The van der Waals surface area contributed by atoms with Crippen LogP contribution in [0.4, 0.5) is 0 Å². The van der Waals surface area contributed by atoms with Gasteiger partial charge in [0.15, 0.2) is 22.2 Å². The second-order valence-electron chi connectivity index (χ2n) is 5.57. The van der Waals surface area contributed by atoms with Gasteiger partial charge in [-0.05, 0) is 36.8 Å². The van der Waals surface area contributed by atoms with Crippen LogP contribution in [0, 0.1) is 6.92 Å². The van der Waals surface area contributed by atoms with E-state index in [-0.39, 0.29) is 4.90 Å². The van der Waals surface area contributed by atoms with E-state index in [2.05, 4.69) is 0 Å². The van der Waals surface area contributed by atoms with Crippen LogP contribution in [0.5, 0.6) is 5.75 Å². The molecule has 140 valence electrons. The van der Waals surface area contributed by atoms with Crippen LogP contribution in [0.1, 0.15) is 5.56 Å². The van der Waals surface area contributed by atoms with E-state index in [9.17, 15) is 21.6 Å². The van der Waals surface area contributed by atoms with Gasteiger partial charge in [0.05, 0.1) is 4.90 Å². The molecular formula is C17H18O7S2. The fraction of sp³-hybridized carbons (Fsp3) is 0.235. The number of aryl methyl sites for hydroxylation is 1. The standard InChI is InChI=1S/C17H18O7S2/c1-13-8-9-16(25(2,19)20)17(10-13)26(21,22)23-12-15(11-18)24-14-6-4-3-5-7-14/h3-11,15H,12H2,1-2H3. The van der Waals surface area contributed by atoms with Crippen molar-refractivity contribution in [3.63, 3.8) is 0 Å². The predicted octanol–water partition coefficient (Wildman–Crippen LogP) is 1.75. The van der Waals surface area contributed by atoms with Crippen LogP contribution in [-0.2, 0) is 28.9 Å². The van der Waals surface area contributed by atoms with Crippen molar-refractivity contribution in [3.8, 4) is 5.75 Å². The Morgan fingerprint density at radius 1 is 1.00 bits per heavy atom. The average Bonchev–Trinajstić information content (AvgIpc) is 2.58. The molecule has 2 aromatic rings. The topological polar surface area (TPSA) is 104 Å². The molecule has 0 aliphatic rings. The molecule has 7 nitrogen and oxygen atoms in total. The summed E-state index contributed by atoms with van der Waals surface area (Å²) in [7, 11) is -8.20. The predicted molar refractivity (Wildman–Crippen MR) is 94.3 cm³/mol. The number of sulfone groups is 1. The maximum atomic E-state index is 12.5. The van der Waals surface area contributed by atoms with E-state index < -0.39 is 37.6 Å². The molecule has 2 rings (SSSR count). The van der Waals surface area contributed by atoms with Crippen LogP contribution in [-0.4, -0.2) is 42.1 Å². The zero-order valence-corrected chi connectivity index (χ0v) is 15.8. The molecule has 0 aliphatic heterocycles. The molecule has 0 saturated carbocycles. The fourth-order valence-electron chi connectivity index (χ4n) is 2.11. The van der Waals surface area contributed by atoms with Gasteiger partial charge in [0.1, 0.15) is 17.3 Å². The molecule has 0 amide bonds. The van der Waals surface area contributed by atoms with Gasteiger partial charge in [-0.3, -0.25) is 8.98 Å². The van der Waals surface area contributed by atoms with E-state index >= 15 is 0 Å². The second kappa shape index (κ2) is 7.98. The Kier molecular flexibility index (Phi) is 6.17. The highest BCUT2D eigenvalue weighted by Crippen LogP contribution is 2.24. The van der Waals surface area contributed by atoms with Gasteiger partial charge in [-0.15, -0.1) is 0 Å². The lowest BCUT2D eigenvalue weighted by Crippen LogP contribution is -2.27. The van der Waals surface area contributed by atoms with Crippen molar-refractivity contribution < 1.29 is 30.6 Å². The van der Waals surface area contributed by atoms with Crippen molar-refractivity contribution in [3.05, 3.63) is 54.1 Å². The highest BCUT2D eigenvalue weighted by molar-refractivity contribution is 7.92. The minimum Gasteiger partial charge on any atom is -0.480 e. The third kappa shape index (κ3) is 5.13. The summed E-state index contributed by atoms with van der Waals surface area (Å²) in [6.45, 7) is 1.04. The molecule has 0 bridgehead atoms. The molecule has 0 fully saturated rings. The maximum Gasteiger partial charge on any atom is 0.298 e. The summed E-state index contributed by atoms with van der Waals surface area (Å²) in [6.07, 6.45) is 0.151. The molecule has 0 aromatic heterocycles. The Bertz CT molecular complexity index is 981. The van der Waals surface area contributed by atoms with E-state index in [0.29, 0.717) is 17.6 Å². The molecule has 9 heteroatoms. The Hall–Kier alpha value is -2.23. The first-order chi connectivity index (χ1) is 12.1. The second-order valence-corrected chi connectivity index (χ2v) is 9.13. The number of benzene rings is 2. The summed E-state index contributed by atoms with van der Waals surface area (Å²) in [5, 5.41) is 0. The van der Waals surface area contributed by atoms with Gasteiger partial charge in [-0.2, -0.15) is 8.42 Å². The number of carbonyl (C=O) groups is 1. The fourth-order valence-corrected chi connectivity index (χ4v) is 4.70. The summed E-state index contributed by atoms with van der Waals surface area (Å²) in [6, 6.07) is 12.3. The molecule has 0 aliphatic carbocycles. The number of hydrogen-bond donors (Lipinski definition) is 0. The van der Waals surface area contributed by atoms with Gasteiger partial charge < -0.3 is 4.74 Å². The number of ether oxygens (including phenoxy) is 1. The smallest absolute Gasteiger partial charge is 0.298 e. The summed E-state index contributed by atoms with van der Waals surface area (Å²) in [4.78, 5) is 10.3. The highest BCUT2D eigenvalue weighted by atomic mass is 32.2. The van der Waals surface area contributed by atoms with E-state index in [0.717, 1.165) is 6.26 Å². The van der Waals surface area contributed by atoms with Crippen molar-refractivity contribution >= 4 is 26.2 Å². The average molecular weight is 398 g/mol. The molecule has 1 atom stereocenters. The van der Waals surface area contributed by atoms with Crippen LogP contribution >= 0.6 is 0 Å². The normalized spacial score (nSPS) is 13.2. The number of carbonyl (C=O) groups excluding carboxylic acids is 1. The first-order valence-corrected chi connectivity index (χ1v) is 10.8. The summed E-state index contributed by atoms with van der Waals surface area (Å²) in [5.74, 6) is 0.373. The zero-order chi connectivity index (χ0) is 19.4. The van der Waals surface area contributed by atoms with E-state index in [1.165, 1.54) is 18.2 Å². The Labute approximate surface area is 152 Å². The van der Waals surface area contributed by atoms with E-state index in [4.69, 9.17) is 8.92 Å². The third-order valence-corrected chi connectivity index (χ3v) is 5.94. The lowest BCUT2D eigenvalue weighted by molar-refractivity contribution is -0.114. The third-order valence-electron chi connectivity index (χ3n) is 3.34. The van der Waals surface area contributed by atoms with Gasteiger partial charge in [-0.25, -0.2) is 8.42 Å². The van der Waals surface area contributed by atoms with Crippen molar-refractivity contribution in [2.75, 3.05) is 12.9 Å². The molecular weight excluding hydrogens is 380 g/mol. The summed E-state index contributed by atoms with van der Waals surface area (Å²) >= 11 is 0. The first kappa shape index (κ1) is 20.1. The van der Waals surface area contributed by atoms with Crippen molar-refractivity contribution in [1.82, 2.24) is 0 Å². The number of rotatable bonds is 8. The molecule has 0 N–H and O–H groups in total. The molecule has 0 spiro atoms. The van der Waals surface area contributed by atoms with E-state index in [1.807, 2.05) is 0 Å². The zero-order valence-electron chi connectivity index (χ0n) is 14.2. The maximum absolute atomic E-state index is 12.5. The van der Waals surface area contributed by atoms with Crippen molar-refractivity contribution in [2.45, 2.75) is 22.8 Å². The Balaban J connectivity index is 2.23. The first-order valence-electron chi connectivity index (χ1n) is 7.50. The van der Waals surface area contributed by atoms with Crippen LogP contribution in [0.3, 0.4) is 0 Å². The SMILES string of the molecule is Cc1ccc(S(C)(=O)=O)c(S(=O)(=O)OCC(C=O)Oc2ccccc2)c1. The quantitative estimate of drug-likeness (QED) is 0.493. The molecule has 26 heavy (non-hydrogen) atoms. The lowest BCUT2D eigenvalue weighted by Gasteiger charge is -2.15. The number of aldehydes is 1. The van der Waals surface area contributed by atoms with Gasteiger partial charge in [0.2, 0.25) is 0 Å². The molecule has 0 radical (unpaired) electrons. The molecule has 0 saturated heterocycles. The molecule has 0 heterocycles. The van der Waals surface area contributed by atoms with Crippen LogP contribution in [0.25, 0.3) is 0 Å². The van der Waals surface area contributed by atoms with Crippen molar-refractivity contribution in [1.29, 1.82) is 0 Å². The van der Waals surface area contributed by atoms with Crippen LogP contribution < -0.4 is 4.74 Å². The Morgan fingerprint density at radius 2 is 1.65 bits per heavy atom. The number of para-hydroxylation sites is 1. The van der Waals surface area contributed by atoms with Crippen LogP contribution in [0.15, 0.2) is 58.3 Å². The van der Waals surface area contributed by atoms with Gasteiger partial charge >= 0.3 is 0 Å². The minimum absolute atomic E-state index is 0.366. The summed E-state index contributed by atoms with van der Waals surface area (Å²) < 4.78 is 58.8. The van der Waals surface area contributed by atoms with Gasteiger partial charge in [0.25, 0.3) is 10.1 Å². The van der Waals surface area contributed by atoms with Crippen molar-refractivity contribution in [2.24, 2.45) is 0 Å². The summed E-state index contributed by atoms with van der Waals surface area (Å²) in [5.41, 5.74) is 0.548. The lowest BCUT2D eigenvalue weighted by atomic mass is 10.2. The molecule has 2 aromatic carbocycles. The van der Waals surface area contributed by atoms with Gasteiger partial charge in [-0.1, -0.05) is 24.3 Å².